The smallest absolute Gasteiger partial charge is 0 e. The SMILES string of the molecule is C=CCCC=CCC.[Pt]. The van der Waals surface area contributed by atoms with Crippen molar-refractivity contribution in [2.24, 2.45) is 0 Å². The van der Waals surface area contributed by atoms with E-state index >= 15 is 0 Å². The topological polar surface area (TPSA) is 0 Å². The average Bonchev–Trinajstić information content (AvgIpc) is 1.81. The first-order valence-electron chi connectivity index (χ1n) is 3.17. The predicted octanol–water partition coefficient (Wildman–Crippen LogP) is 2.92. The van der Waals surface area contributed by atoms with Crippen molar-refractivity contribution < 1.29 is 21.1 Å². The van der Waals surface area contributed by atoms with Crippen LogP contribution in [-0.4, -0.2) is 0 Å². The van der Waals surface area contributed by atoms with Crippen LogP contribution in [0.3, 0.4) is 0 Å². The van der Waals surface area contributed by atoms with Crippen LogP contribution in [0.15, 0.2) is 24.8 Å². The van der Waals surface area contributed by atoms with Crippen LogP contribution in [-0.2, 0) is 21.1 Å². The molecule has 0 saturated carbocycles. The molecule has 56 valence electrons. The van der Waals surface area contributed by atoms with Crippen molar-refractivity contribution >= 4 is 0 Å². The van der Waals surface area contributed by atoms with Crippen LogP contribution < -0.4 is 0 Å². The van der Waals surface area contributed by atoms with Gasteiger partial charge < -0.3 is 0 Å². The van der Waals surface area contributed by atoms with Crippen molar-refractivity contribution in [3.63, 3.8) is 0 Å². The van der Waals surface area contributed by atoms with E-state index in [-0.39, 0.29) is 21.1 Å². The Morgan fingerprint density at radius 3 is 2.33 bits per heavy atom. The van der Waals surface area contributed by atoms with E-state index in [0.717, 1.165) is 19.3 Å². The Morgan fingerprint density at radius 1 is 1.22 bits per heavy atom. The summed E-state index contributed by atoms with van der Waals surface area (Å²) in [7, 11) is 0. The van der Waals surface area contributed by atoms with Crippen LogP contribution >= 0.6 is 0 Å². The van der Waals surface area contributed by atoms with Crippen molar-refractivity contribution in [2.45, 2.75) is 26.2 Å². The molecule has 0 spiro atoms. The van der Waals surface area contributed by atoms with Crippen molar-refractivity contribution in [1.82, 2.24) is 0 Å². The molecular weight excluding hydrogens is 291 g/mol. The van der Waals surface area contributed by atoms with Crippen molar-refractivity contribution in [3.05, 3.63) is 24.8 Å². The van der Waals surface area contributed by atoms with E-state index in [1.807, 2.05) is 6.08 Å². The van der Waals surface area contributed by atoms with Gasteiger partial charge in [0.15, 0.2) is 0 Å². The first-order chi connectivity index (χ1) is 3.91. The Morgan fingerprint density at radius 2 is 1.89 bits per heavy atom. The van der Waals surface area contributed by atoms with Gasteiger partial charge in [0.2, 0.25) is 0 Å². The molecular formula is C8H14Pt. The second-order valence-electron chi connectivity index (χ2n) is 1.75. The van der Waals surface area contributed by atoms with E-state index in [1.165, 1.54) is 0 Å². The molecule has 0 aromatic rings. The van der Waals surface area contributed by atoms with Crippen LogP contribution in [0.4, 0.5) is 0 Å². The molecule has 0 unspecified atom stereocenters. The van der Waals surface area contributed by atoms with Gasteiger partial charge in [-0.2, -0.15) is 0 Å². The number of hydrogen-bond acceptors (Lipinski definition) is 0. The van der Waals surface area contributed by atoms with Gasteiger partial charge in [0.1, 0.15) is 0 Å². The number of unbranched alkanes of at least 4 members (excludes halogenated alkanes) is 1. The zero-order valence-electron chi connectivity index (χ0n) is 5.88. The van der Waals surface area contributed by atoms with E-state index in [4.69, 9.17) is 0 Å². The Labute approximate surface area is 72.3 Å². The van der Waals surface area contributed by atoms with Crippen LogP contribution in [0.5, 0.6) is 0 Å². The summed E-state index contributed by atoms with van der Waals surface area (Å²) in [6, 6.07) is 0. The molecule has 9 heavy (non-hydrogen) atoms. The fourth-order valence-electron chi connectivity index (χ4n) is 0.499. The van der Waals surface area contributed by atoms with E-state index in [1.54, 1.807) is 0 Å². The summed E-state index contributed by atoms with van der Waals surface area (Å²) >= 11 is 0. The molecule has 0 fully saturated rings. The standard InChI is InChI=1S/C8H14.Pt/c1-3-5-7-8-6-4-2;/h3,6,8H,1,4-5,7H2,2H3;. The quantitative estimate of drug-likeness (QED) is 0.553. The first kappa shape index (κ1) is 11.9. The van der Waals surface area contributed by atoms with Gasteiger partial charge in [0, 0.05) is 21.1 Å². The zero-order valence-corrected chi connectivity index (χ0v) is 8.15. The van der Waals surface area contributed by atoms with Gasteiger partial charge >= 0.3 is 0 Å². The summed E-state index contributed by atoms with van der Waals surface area (Å²) in [4.78, 5) is 0. The molecule has 0 N–H and O–H groups in total. The van der Waals surface area contributed by atoms with Crippen molar-refractivity contribution in [1.29, 1.82) is 0 Å². The van der Waals surface area contributed by atoms with Crippen LogP contribution in [0, 0.1) is 0 Å². The van der Waals surface area contributed by atoms with Crippen molar-refractivity contribution in [3.8, 4) is 0 Å². The maximum atomic E-state index is 3.62. The molecule has 0 saturated heterocycles. The summed E-state index contributed by atoms with van der Waals surface area (Å²) in [5.41, 5.74) is 0. The third kappa shape index (κ3) is 11.6. The molecule has 0 aliphatic rings. The third-order valence-electron chi connectivity index (χ3n) is 0.940. The maximum Gasteiger partial charge on any atom is 0 e. The molecule has 0 rings (SSSR count). The first-order valence-corrected chi connectivity index (χ1v) is 3.17. The normalized spacial score (nSPS) is 9.00. The zero-order chi connectivity index (χ0) is 6.24. The molecule has 0 amide bonds. The molecule has 0 atom stereocenters. The molecule has 0 aliphatic heterocycles. The second kappa shape index (κ2) is 11.0. The van der Waals surface area contributed by atoms with Gasteiger partial charge in [0.05, 0.1) is 0 Å². The maximum absolute atomic E-state index is 3.62. The van der Waals surface area contributed by atoms with Gasteiger partial charge in [-0.1, -0.05) is 25.2 Å². The van der Waals surface area contributed by atoms with Gasteiger partial charge in [-0.3, -0.25) is 0 Å². The summed E-state index contributed by atoms with van der Waals surface area (Å²) in [5.74, 6) is 0. The van der Waals surface area contributed by atoms with Gasteiger partial charge in [-0.05, 0) is 19.3 Å². The number of rotatable bonds is 4. The molecule has 0 aromatic heterocycles. The fraction of sp³-hybridized carbons (Fsp3) is 0.500. The minimum Gasteiger partial charge on any atom is -0.103 e. The van der Waals surface area contributed by atoms with Crippen LogP contribution in [0.1, 0.15) is 26.2 Å². The molecule has 1 heteroatoms. The number of allylic oxidation sites excluding steroid dienone is 3. The van der Waals surface area contributed by atoms with Gasteiger partial charge in [-0.15, -0.1) is 6.58 Å². The largest absolute Gasteiger partial charge is 0.103 e. The van der Waals surface area contributed by atoms with Gasteiger partial charge in [-0.25, -0.2) is 0 Å². The van der Waals surface area contributed by atoms with E-state index < -0.39 is 0 Å². The Bertz CT molecular complexity index is 74.6. The third-order valence-corrected chi connectivity index (χ3v) is 0.940. The molecule has 0 bridgehead atoms. The van der Waals surface area contributed by atoms with E-state index in [2.05, 4.69) is 25.7 Å². The Hall–Kier alpha value is 0.168. The van der Waals surface area contributed by atoms with Crippen LogP contribution in [0.25, 0.3) is 0 Å². The van der Waals surface area contributed by atoms with Crippen molar-refractivity contribution in [2.75, 3.05) is 0 Å². The summed E-state index contributed by atoms with van der Waals surface area (Å²) in [6.07, 6.45) is 9.73. The Kier molecular flexibility index (Phi) is 14.6. The minimum atomic E-state index is 0. The molecule has 0 nitrogen and oxygen atoms in total. The predicted molar refractivity (Wildman–Crippen MR) is 38.9 cm³/mol. The molecule has 0 heterocycles. The number of hydrogen-bond donors (Lipinski definition) is 0. The monoisotopic (exact) mass is 305 g/mol. The molecule has 0 aliphatic carbocycles. The molecule has 0 aromatic carbocycles. The Balaban J connectivity index is 0. The van der Waals surface area contributed by atoms with E-state index in [0.29, 0.717) is 0 Å². The molecule has 0 radical (unpaired) electrons. The van der Waals surface area contributed by atoms with Gasteiger partial charge in [0.25, 0.3) is 0 Å². The van der Waals surface area contributed by atoms with E-state index in [9.17, 15) is 0 Å². The summed E-state index contributed by atoms with van der Waals surface area (Å²) < 4.78 is 0. The minimum absolute atomic E-state index is 0. The second-order valence-corrected chi connectivity index (χ2v) is 1.75. The summed E-state index contributed by atoms with van der Waals surface area (Å²) in [6.45, 7) is 5.77. The van der Waals surface area contributed by atoms with Crippen LogP contribution in [0.2, 0.25) is 0 Å². The average molecular weight is 305 g/mol. The summed E-state index contributed by atoms with van der Waals surface area (Å²) in [5, 5.41) is 0. The fourth-order valence-corrected chi connectivity index (χ4v) is 0.499.